The van der Waals surface area contributed by atoms with Gasteiger partial charge in [0, 0.05) is 7.05 Å². The molecule has 1 heterocycles. The third-order valence-electron chi connectivity index (χ3n) is 3.31. The van der Waals surface area contributed by atoms with E-state index in [0.29, 0.717) is 13.0 Å². The number of carboxylic acid groups (broad SMARTS) is 1. The maximum atomic E-state index is 11.6. The van der Waals surface area contributed by atoms with Crippen LogP contribution in [0, 0.1) is 0 Å². The Hall–Kier alpha value is -1.63. The first-order valence-electron chi connectivity index (χ1n) is 5.90. The van der Waals surface area contributed by atoms with Crippen LogP contribution in [0.15, 0.2) is 0 Å². The van der Waals surface area contributed by atoms with E-state index < -0.39 is 23.4 Å². The van der Waals surface area contributed by atoms with Gasteiger partial charge in [-0.25, -0.2) is 4.79 Å². The van der Waals surface area contributed by atoms with Gasteiger partial charge in [-0.05, 0) is 32.7 Å². The first-order chi connectivity index (χ1) is 8.40. The first-order valence-corrected chi connectivity index (χ1v) is 5.90. The Morgan fingerprint density at radius 2 is 2.00 bits per heavy atom. The van der Waals surface area contributed by atoms with Crippen LogP contribution in [-0.2, 0) is 9.59 Å². The molecule has 0 saturated carbocycles. The highest BCUT2D eigenvalue weighted by Gasteiger charge is 2.41. The molecule has 1 aliphatic rings. The fraction of sp³-hybridized carbons (Fsp3) is 0.727. The van der Waals surface area contributed by atoms with E-state index in [9.17, 15) is 19.5 Å². The quantitative estimate of drug-likeness (QED) is 0.648. The smallest absolute Gasteiger partial charge is 0.323 e. The number of hydrogen-bond donors (Lipinski definition) is 3. The molecule has 0 spiro atoms. The Kier molecular flexibility index (Phi) is 4.66. The fourth-order valence-electron chi connectivity index (χ4n) is 2.07. The van der Waals surface area contributed by atoms with Gasteiger partial charge in [-0.1, -0.05) is 0 Å². The van der Waals surface area contributed by atoms with Crippen molar-refractivity contribution >= 4 is 17.9 Å². The molecule has 0 aromatic heterocycles. The van der Waals surface area contributed by atoms with E-state index in [0.717, 1.165) is 12.8 Å². The number of carbonyl (C=O) groups excluding carboxylic acids is 2. The maximum Gasteiger partial charge on any atom is 0.323 e. The van der Waals surface area contributed by atoms with Crippen molar-refractivity contribution in [1.29, 1.82) is 0 Å². The van der Waals surface area contributed by atoms with Gasteiger partial charge in [-0.15, -0.1) is 0 Å². The van der Waals surface area contributed by atoms with E-state index in [4.69, 9.17) is 0 Å². The summed E-state index contributed by atoms with van der Waals surface area (Å²) in [6.45, 7) is 2.07. The summed E-state index contributed by atoms with van der Waals surface area (Å²) in [6.07, 6.45) is 2.20. The molecule has 0 aromatic rings. The van der Waals surface area contributed by atoms with Gasteiger partial charge in [0.2, 0.25) is 5.91 Å². The zero-order valence-electron chi connectivity index (χ0n) is 10.7. The Morgan fingerprint density at radius 3 is 2.56 bits per heavy atom. The van der Waals surface area contributed by atoms with E-state index in [-0.39, 0.29) is 6.54 Å². The summed E-state index contributed by atoms with van der Waals surface area (Å²) >= 11 is 0. The van der Waals surface area contributed by atoms with Gasteiger partial charge in [0.05, 0.1) is 6.54 Å². The van der Waals surface area contributed by atoms with Gasteiger partial charge in [-0.3, -0.25) is 19.8 Å². The highest BCUT2D eigenvalue weighted by Crippen LogP contribution is 2.27. The van der Waals surface area contributed by atoms with Gasteiger partial charge in [0.15, 0.2) is 0 Å². The van der Waals surface area contributed by atoms with Gasteiger partial charge in [0.1, 0.15) is 5.54 Å². The third-order valence-corrected chi connectivity index (χ3v) is 3.31. The molecule has 0 radical (unpaired) electrons. The van der Waals surface area contributed by atoms with Crippen molar-refractivity contribution in [2.75, 3.05) is 20.1 Å². The molecular formula is C11H19N3O4. The van der Waals surface area contributed by atoms with E-state index in [1.807, 2.05) is 0 Å². The van der Waals surface area contributed by atoms with Crippen LogP contribution in [0.1, 0.15) is 26.2 Å². The van der Waals surface area contributed by atoms with Crippen molar-refractivity contribution in [2.45, 2.75) is 31.7 Å². The normalized spacial score (nSPS) is 24.3. The van der Waals surface area contributed by atoms with Gasteiger partial charge in [-0.2, -0.15) is 0 Å². The molecule has 1 saturated heterocycles. The summed E-state index contributed by atoms with van der Waals surface area (Å²) in [5.41, 5.74) is -1.03. The molecule has 3 amide bonds. The zero-order chi connectivity index (χ0) is 13.8. The molecule has 7 heteroatoms. The maximum absolute atomic E-state index is 11.6. The van der Waals surface area contributed by atoms with Crippen molar-refractivity contribution in [2.24, 2.45) is 0 Å². The zero-order valence-corrected chi connectivity index (χ0v) is 10.7. The molecular weight excluding hydrogens is 238 g/mol. The minimum Gasteiger partial charge on any atom is -0.480 e. The summed E-state index contributed by atoms with van der Waals surface area (Å²) in [7, 11) is 1.41. The Labute approximate surface area is 106 Å². The minimum atomic E-state index is -1.03. The van der Waals surface area contributed by atoms with E-state index >= 15 is 0 Å². The number of likely N-dealkylation sites (tertiary alicyclic amines) is 1. The summed E-state index contributed by atoms with van der Waals surface area (Å²) in [5, 5.41) is 13.7. The SMILES string of the molecule is CNC(=O)NC(=O)CN1CCCCC1(C)C(=O)O. The lowest BCUT2D eigenvalue weighted by Crippen LogP contribution is -2.58. The summed E-state index contributed by atoms with van der Waals surface area (Å²) < 4.78 is 0. The third kappa shape index (κ3) is 3.19. The van der Waals surface area contributed by atoms with Crippen molar-refractivity contribution in [3.63, 3.8) is 0 Å². The predicted molar refractivity (Wildman–Crippen MR) is 64.1 cm³/mol. The van der Waals surface area contributed by atoms with Crippen LogP contribution in [0.3, 0.4) is 0 Å². The number of nitrogens with one attached hydrogen (secondary N) is 2. The molecule has 0 bridgehead atoms. The second-order valence-electron chi connectivity index (χ2n) is 4.58. The van der Waals surface area contributed by atoms with Crippen molar-refractivity contribution < 1.29 is 19.5 Å². The number of imide groups is 1. The number of rotatable bonds is 3. The molecule has 1 atom stereocenters. The topological polar surface area (TPSA) is 98.7 Å². The van der Waals surface area contributed by atoms with Crippen molar-refractivity contribution in [3.8, 4) is 0 Å². The molecule has 1 unspecified atom stereocenters. The monoisotopic (exact) mass is 257 g/mol. The number of urea groups is 1. The number of amides is 3. The Morgan fingerprint density at radius 1 is 1.33 bits per heavy atom. The molecule has 1 rings (SSSR count). The summed E-state index contributed by atoms with van der Waals surface area (Å²) in [5.74, 6) is -1.43. The van der Waals surface area contributed by atoms with E-state index in [2.05, 4.69) is 10.6 Å². The average Bonchev–Trinajstić information content (AvgIpc) is 2.31. The van der Waals surface area contributed by atoms with Crippen molar-refractivity contribution in [3.05, 3.63) is 0 Å². The Bertz CT molecular complexity index is 358. The summed E-state index contributed by atoms with van der Waals surface area (Å²) in [6, 6.07) is -0.589. The highest BCUT2D eigenvalue weighted by atomic mass is 16.4. The lowest BCUT2D eigenvalue weighted by molar-refractivity contribution is -0.153. The van der Waals surface area contributed by atoms with Crippen molar-refractivity contribution in [1.82, 2.24) is 15.5 Å². The molecule has 3 N–H and O–H groups in total. The second kappa shape index (κ2) is 5.81. The molecule has 7 nitrogen and oxygen atoms in total. The van der Waals surface area contributed by atoms with Crippen LogP contribution in [0.25, 0.3) is 0 Å². The number of hydrogen-bond acceptors (Lipinski definition) is 4. The number of aliphatic carboxylic acids is 1. The standard InChI is InChI=1S/C11H19N3O4/c1-11(9(16)17)5-3-4-6-14(11)7-8(15)13-10(18)12-2/h3-7H2,1-2H3,(H,16,17)(H2,12,13,15,18). The molecule has 1 aliphatic heterocycles. The van der Waals surface area contributed by atoms with E-state index in [1.54, 1.807) is 11.8 Å². The second-order valence-corrected chi connectivity index (χ2v) is 4.58. The number of piperidine rings is 1. The molecule has 0 aromatic carbocycles. The van der Waals surface area contributed by atoms with Gasteiger partial charge < -0.3 is 10.4 Å². The number of carbonyl (C=O) groups is 3. The van der Waals surface area contributed by atoms with Crippen LogP contribution >= 0.6 is 0 Å². The largest absolute Gasteiger partial charge is 0.480 e. The number of nitrogens with zero attached hydrogens (tertiary/aromatic N) is 1. The van der Waals surface area contributed by atoms with E-state index in [1.165, 1.54) is 7.05 Å². The van der Waals surface area contributed by atoms with Crippen LogP contribution in [0.4, 0.5) is 4.79 Å². The lowest BCUT2D eigenvalue weighted by atomic mass is 9.88. The molecule has 18 heavy (non-hydrogen) atoms. The number of carboxylic acids is 1. The van der Waals surface area contributed by atoms with Crippen LogP contribution in [0.5, 0.6) is 0 Å². The van der Waals surface area contributed by atoms with Crippen LogP contribution in [-0.4, -0.2) is 53.6 Å². The Balaban J connectivity index is 2.65. The molecule has 0 aliphatic carbocycles. The van der Waals surface area contributed by atoms with Crippen LogP contribution < -0.4 is 10.6 Å². The van der Waals surface area contributed by atoms with Gasteiger partial charge in [0.25, 0.3) is 0 Å². The first kappa shape index (κ1) is 14.4. The lowest BCUT2D eigenvalue weighted by Gasteiger charge is -2.41. The molecule has 1 fully saturated rings. The molecule has 102 valence electrons. The van der Waals surface area contributed by atoms with Gasteiger partial charge >= 0.3 is 12.0 Å². The minimum absolute atomic E-state index is 0.0871. The summed E-state index contributed by atoms with van der Waals surface area (Å²) in [4.78, 5) is 35.5. The van der Waals surface area contributed by atoms with Crippen LogP contribution in [0.2, 0.25) is 0 Å². The predicted octanol–water partition coefficient (Wildman–Crippen LogP) is -0.229. The fourth-order valence-corrected chi connectivity index (χ4v) is 2.07. The average molecular weight is 257 g/mol. The highest BCUT2D eigenvalue weighted by molar-refractivity contribution is 5.95.